The zero-order chi connectivity index (χ0) is 15.5. The summed E-state index contributed by atoms with van der Waals surface area (Å²) in [7, 11) is -2.32. The van der Waals surface area contributed by atoms with Crippen LogP contribution in [-0.2, 0) is 14.4 Å². The largest absolute Gasteiger partial charge is 0.360 e. The highest BCUT2D eigenvalue weighted by molar-refractivity contribution is 7.85. The summed E-state index contributed by atoms with van der Waals surface area (Å²) in [6.07, 6.45) is 2.43. The van der Waals surface area contributed by atoms with Gasteiger partial charge in [0.1, 0.15) is 0 Å². The third-order valence-corrected chi connectivity index (χ3v) is 2.97. The fourth-order valence-corrected chi connectivity index (χ4v) is 1.91. The number of carbonyl (C=O) groups excluding carboxylic acids is 1. The van der Waals surface area contributed by atoms with Crippen LogP contribution in [0.2, 0.25) is 0 Å². The molecule has 1 aromatic heterocycles. The zero-order valence-electron chi connectivity index (χ0n) is 11.4. The molecule has 2 aromatic rings. The van der Waals surface area contributed by atoms with Crippen molar-refractivity contribution in [3.8, 4) is 0 Å². The molecule has 0 saturated heterocycles. The van der Waals surface area contributed by atoms with E-state index in [9.17, 15) is 13.2 Å². The number of guanidine groups is 1. The fourth-order valence-electron chi connectivity index (χ4n) is 1.68. The van der Waals surface area contributed by atoms with Crippen molar-refractivity contribution in [2.75, 3.05) is 13.3 Å². The molecule has 0 unspecified atom stereocenters. The van der Waals surface area contributed by atoms with Crippen LogP contribution in [-0.4, -0.2) is 38.6 Å². The van der Waals surface area contributed by atoms with Gasteiger partial charge in [-0.25, -0.2) is 5.48 Å². The molecule has 3 N–H and O–H groups in total. The highest BCUT2D eigenvalue weighted by Gasteiger charge is 2.14. The number of aromatic amines is 1. The number of nitrogens with one attached hydrogen (secondary N) is 3. The van der Waals surface area contributed by atoms with Crippen molar-refractivity contribution in [3.05, 3.63) is 36.0 Å². The van der Waals surface area contributed by atoms with Crippen molar-refractivity contribution in [2.24, 2.45) is 4.99 Å². The maximum absolute atomic E-state index is 12.2. The molecule has 0 atom stereocenters. The Morgan fingerprint density at radius 1 is 1.33 bits per heavy atom. The van der Waals surface area contributed by atoms with E-state index in [1.165, 1.54) is 7.05 Å². The first-order chi connectivity index (χ1) is 9.90. The lowest BCUT2D eigenvalue weighted by molar-refractivity contribution is 0.0973. The molecule has 9 heteroatoms. The molecule has 0 aliphatic rings. The smallest absolute Gasteiger partial charge is 0.285 e. The fraction of sp³-hybridized carbons (Fsp3) is 0.167. The molecule has 1 heterocycles. The van der Waals surface area contributed by atoms with Gasteiger partial charge in [0.05, 0.1) is 11.8 Å². The van der Waals surface area contributed by atoms with E-state index < -0.39 is 16.0 Å². The summed E-state index contributed by atoms with van der Waals surface area (Å²) >= 11 is 0. The monoisotopic (exact) mass is 310 g/mol. The van der Waals surface area contributed by atoms with E-state index in [1.54, 1.807) is 12.3 Å². The molecule has 1 aromatic carbocycles. The SMILES string of the molecule is CN=C(NOS(C)(=O)=O)NC(=O)c1c[nH]c2ccccc12. The molecule has 0 aliphatic carbocycles. The molecule has 2 rings (SSSR count). The van der Waals surface area contributed by atoms with Gasteiger partial charge in [-0.3, -0.25) is 15.1 Å². The Balaban J connectivity index is 2.13. The Kier molecular flexibility index (Phi) is 4.24. The molecule has 21 heavy (non-hydrogen) atoms. The van der Waals surface area contributed by atoms with E-state index in [2.05, 4.69) is 25.1 Å². The van der Waals surface area contributed by atoms with Gasteiger partial charge in [0, 0.05) is 24.1 Å². The number of amides is 1. The molecular weight excluding hydrogens is 296 g/mol. The first kappa shape index (κ1) is 15.0. The van der Waals surface area contributed by atoms with Gasteiger partial charge in [-0.2, -0.15) is 8.42 Å². The van der Waals surface area contributed by atoms with Crippen LogP contribution in [0.4, 0.5) is 0 Å². The first-order valence-electron chi connectivity index (χ1n) is 5.89. The summed E-state index contributed by atoms with van der Waals surface area (Å²) in [5.74, 6) is -0.562. The number of nitrogens with zero attached hydrogens (tertiary/aromatic N) is 1. The van der Waals surface area contributed by atoms with Crippen LogP contribution in [0.3, 0.4) is 0 Å². The van der Waals surface area contributed by atoms with Gasteiger partial charge in [-0.05, 0) is 6.07 Å². The molecule has 0 radical (unpaired) electrons. The number of hydrogen-bond donors (Lipinski definition) is 3. The van der Waals surface area contributed by atoms with E-state index in [-0.39, 0.29) is 5.96 Å². The lowest BCUT2D eigenvalue weighted by Gasteiger charge is -2.08. The minimum absolute atomic E-state index is 0.115. The number of carbonyl (C=O) groups is 1. The maximum Gasteiger partial charge on any atom is 0.285 e. The van der Waals surface area contributed by atoms with Crippen molar-refractivity contribution in [2.45, 2.75) is 0 Å². The minimum Gasteiger partial charge on any atom is -0.360 e. The Bertz CT molecular complexity index is 794. The number of para-hydroxylation sites is 1. The number of fused-ring (bicyclic) bond motifs is 1. The highest BCUT2D eigenvalue weighted by atomic mass is 32.2. The van der Waals surface area contributed by atoms with Crippen molar-refractivity contribution >= 4 is 32.9 Å². The van der Waals surface area contributed by atoms with Gasteiger partial charge < -0.3 is 4.98 Å². The van der Waals surface area contributed by atoms with Crippen molar-refractivity contribution in [3.63, 3.8) is 0 Å². The van der Waals surface area contributed by atoms with Crippen LogP contribution in [0, 0.1) is 0 Å². The highest BCUT2D eigenvalue weighted by Crippen LogP contribution is 2.17. The van der Waals surface area contributed by atoms with Crippen molar-refractivity contribution in [1.29, 1.82) is 0 Å². The summed E-state index contributed by atoms with van der Waals surface area (Å²) in [6.45, 7) is 0. The molecule has 0 aliphatic heterocycles. The van der Waals surface area contributed by atoms with Crippen LogP contribution in [0.25, 0.3) is 10.9 Å². The van der Waals surface area contributed by atoms with Gasteiger partial charge in [0.2, 0.25) is 5.96 Å². The number of aromatic nitrogens is 1. The van der Waals surface area contributed by atoms with Crippen LogP contribution in [0.5, 0.6) is 0 Å². The number of rotatable bonds is 3. The quantitative estimate of drug-likeness (QED) is 0.430. The van der Waals surface area contributed by atoms with Crippen LogP contribution >= 0.6 is 0 Å². The van der Waals surface area contributed by atoms with Gasteiger partial charge in [0.25, 0.3) is 16.0 Å². The van der Waals surface area contributed by atoms with E-state index in [0.29, 0.717) is 5.56 Å². The van der Waals surface area contributed by atoms with Crippen LogP contribution in [0.1, 0.15) is 10.4 Å². The second kappa shape index (κ2) is 5.94. The lowest BCUT2D eigenvalue weighted by Crippen LogP contribution is -2.41. The third kappa shape index (κ3) is 3.80. The summed E-state index contributed by atoms with van der Waals surface area (Å²) in [4.78, 5) is 18.8. The minimum atomic E-state index is -3.70. The van der Waals surface area contributed by atoms with Gasteiger partial charge >= 0.3 is 0 Å². The van der Waals surface area contributed by atoms with Crippen LogP contribution < -0.4 is 10.8 Å². The molecule has 0 saturated carbocycles. The van der Waals surface area contributed by atoms with Crippen LogP contribution in [0.15, 0.2) is 35.5 Å². The molecule has 0 fully saturated rings. The molecule has 112 valence electrons. The van der Waals surface area contributed by atoms with E-state index >= 15 is 0 Å². The zero-order valence-corrected chi connectivity index (χ0v) is 12.2. The predicted octanol–water partition coefficient (Wildman–Crippen LogP) is 0.364. The number of aliphatic imine (C=N–C) groups is 1. The number of benzene rings is 1. The average molecular weight is 310 g/mol. The summed E-state index contributed by atoms with van der Waals surface area (Å²) < 4.78 is 26.1. The third-order valence-electron chi connectivity index (χ3n) is 2.58. The van der Waals surface area contributed by atoms with E-state index in [0.717, 1.165) is 17.2 Å². The van der Waals surface area contributed by atoms with Gasteiger partial charge in [-0.1, -0.05) is 18.2 Å². The van der Waals surface area contributed by atoms with Crippen molar-refractivity contribution in [1.82, 2.24) is 15.8 Å². The molecule has 8 nitrogen and oxygen atoms in total. The number of hydroxylamine groups is 1. The standard InChI is InChI=1S/C12H14N4O4S/c1-13-12(16-20-21(2,18)19)15-11(17)9-7-14-10-6-4-3-5-8(9)10/h3-7,14H,1-2H3,(H2,13,15,16,17). The van der Waals surface area contributed by atoms with Gasteiger partial charge in [0.15, 0.2) is 0 Å². The van der Waals surface area contributed by atoms with E-state index in [4.69, 9.17) is 0 Å². The summed E-state index contributed by atoms with van der Waals surface area (Å²) in [6, 6.07) is 7.30. The molecule has 0 bridgehead atoms. The van der Waals surface area contributed by atoms with Gasteiger partial charge in [-0.15, -0.1) is 4.28 Å². The summed E-state index contributed by atoms with van der Waals surface area (Å²) in [5.41, 5.74) is 3.30. The lowest BCUT2D eigenvalue weighted by atomic mass is 10.1. The molecule has 1 amide bonds. The topological polar surface area (TPSA) is 113 Å². The summed E-state index contributed by atoms with van der Waals surface area (Å²) in [5, 5.41) is 3.17. The number of H-pyrrole nitrogens is 1. The second-order valence-corrected chi connectivity index (χ2v) is 5.74. The Hall–Kier alpha value is -2.39. The Morgan fingerprint density at radius 3 is 2.71 bits per heavy atom. The predicted molar refractivity (Wildman–Crippen MR) is 78.2 cm³/mol. The first-order valence-corrected chi connectivity index (χ1v) is 7.71. The normalized spacial score (nSPS) is 12.4. The molecule has 0 spiro atoms. The molecular formula is C12H14N4O4S. The Morgan fingerprint density at radius 2 is 2.05 bits per heavy atom. The van der Waals surface area contributed by atoms with Crippen molar-refractivity contribution < 1.29 is 17.5 Å². The van der Waals surface area contributed by atoms with E-state index in [1.807, 2.05) is 18.2 Å². The second-order valence-electron chi connectivity index (χ2n) is 4.16. The maximum atomic E-state index is 12.2. The Labute approximate surface area is 121 Å². The average Bonchev–Trinajstić information content (AvgIpc) is 2.86. The number of hydrogen-bond acceptors (Lipinski definition) is 5.